The molecule has 3 aromatic carbocycles. The summed E-state index contributed by atoms with van der Waals surface area (Å²) in [5, 5.41) is 2.45. The Morgan fingerprint density at radius 2 is 1.53 bits per heavy atom. The fourth-order valence-corrected chi connectivity index (χ4v) is 5.03. The van der Waals surface area contributed by atoms with Gasteiger partial charge in [0.25, 0.3) is 0 Å². The minimum Gasteiger partial charge on any atom is -0.488 e. The predicted molar refractivity (Wildman–Crippen MR) is 162 cm³/mol. The van der Waals surface area contributed by atoms with Gasteiger partial charge in [0.05, 0.1) is 18.7 Å². The van der Waals surface area contributed by atoms with Crippen LogP contribution >= 0.6 is 0 Å². The van der Waals surface area contributed by atoms with Crippen molar-refractivity contribution in [3.63, 3.8) is 0 Å². The largest absolute Gasteiger partial charge is 0.488 e. The number of nitrogens with one attached hydrogen (secondary N) is 1. The summed E-state index contributed by atoms with van der Waals surface area (Å²) in [5.41, 5.74) is -2.33. The quantitative estimate of drug-likeness (QED) is 0.271. The summed E-state index contributed by atoms with van der Waals surface area (Å²) in [6.45, 7) is 8.80. The molecule has 45 heavy (non-hydrogen) atoms. The van der Waals surface area contributed by atoms with Gasteiger partial charge in [-0.15, -0.1) is 0 Å². The van der Waals surface area contributed by atoms with E-state index in [1.807, 2.05) is 42.5 Å². The van der Waals surface area contributed by atoms with E-state index in [0.717, 1.165) is 22.1 Å². The highest BCUT2D eigenvalue weighted by Gasteiger charge is 2.57. The lowest BCUT2D eigenvalue weighted by Crippen LogP contribution is -2.62. The first-order valence-corrected chi connectivity index (χ1v) is 14.4. The van der Waals surface area contributed by atoms with Crippen LogP contribution in [-0.2, 0) is 27.1 Å². The highest BCUT2D eigenvalue weighted by molar-refractivity contribution is 6.01. The highest BCUT2D eigenvalue weighted by Crippen LogP contribution is 2.38. The molecule has 4 rings (SSSR count). The van der Waals surface area contributed by atoms with Gasteiger partial charge in [0.1, 0.15) is 29.2 Å². The van der Waals surface area contributed by atoms with E-state index in [1.54, 1.807) is 46.8 Å². The van der Waals surface area contributed by atoms with Crippen molar-refractivity contribution in [2.24, 2.45) is 0 Å². The number of carbonyl (C=O) groups excluding carboxylic acids is 3. The number of ketones is 1. The number of hydrogen-bond donors (Lipinski definition) is 1. The van der Waals surface area contributed by atoms with E-state index in [1.165, 1.54) is 13.0 Å². The van der Waals surface area contributed by atoms with Gasteiger partial charge < -0.3 is 19.5 Å². The number of halogens is 3. The van der Waals surface area contributed by atoms with Crippen molar-refractivity contribution >= 4 is 17.8 Å². The fraction of sp³-hybridized carbons (Fsp3) is 0.382. The summed E-state index contributed by atoms with van der Waals surface area (Å²) >= 11 is 0. The van der Waals surface area contributed by atoms with Crippen molar-refractivity contribution in [3.8, 4) is 16.9 Å². The van der Waals surface area contributed by atoms with E-state index >= 15 is 0 Å². The normalized spacial score (nSPS) is 17.9. The van der Waals surface area contributed by atoms with Gasteiger partial charge in [-0.1, -0.05) is 54.6 Å². The molecule has 1 aliphatic rings. The van der Waals surface area contributed by atoms with E-state index in [-0.39, 0.29) is 18.8 Å². The molecule has 240 valence electrons. The van der Waals surface area contributed by atoms with Crippen LogP contribution in [0.4, 0.5) is 18.0 Å². The van der Waals surface area contributed by atoms with Gasteiger partial charge in [-0.05, 0) is 76.4 Å². The molecular weight excluding hydrogens is 589 g/mol. The average molecular weight is 627 g/mol. The molecule has 0 aromatic heterocycles. The molecule has 1 heterocycles. The Kier molecular flexibility index (Phi) is 9.35. The van der Waals surface area contributed by atoms with E-state index in [9.17, 15) is 27.6 Å². The molecule has 3 aromatic rings. The molecule has 1 saturated heterocycles. The van der Waals surface area contributed by atoms with Crippen molar-refractivity contribution in [3.05, 3.63) is 89.5 Å². The first-order valence-electron chi connectivity index (χ1n) is 14.4. The minimum atomic E-state index is -4.81. The maximum Gasteiger partial charge on any atom is 0.419 e. The molecule has 1 fully saturated rings. The smallest absolute Gasteiger partial charge is 0.419 e. The Labute approximate surface area is 260 Å². The van der Waals surface area contributed by atoms with E-state index in [0.29, 0.717) is 11.6 Å². The molecule has 0 radical (unpaired) electrons. The lowest BCUT2D eigenvalue weighted by Gasteiger charge is -2.39. The van der Waals surface area contributed by atoms with Crippen LogP contribution in [0.3, 0.4) is 0 Å². The summed E-state index contributed by atoms with van der Waals surface area (Å²) < 4.78 is 58.7. The Balaban J connectivity index is 1.44. The molecule has 0 saturated carbocycles. The Bertz CT molecular complexity index is 1550. The average Bonchev–Trinajstić information content (AvgIpc) is 3.23. The van der Waals surface area contributed by atoms with Gasteiger partial charge in [0.2, 0.25) is 5.91 Å². The molecule has 1 atom stereocenters. The Morgan fingerprint density at radius 1 is 0.911 bits per heavy atom. The summed E-state index contributed by atoms with van der Waals surface area (Å²) in [6, 6.07) is 19.9. The lowest BCUT2D eigenvalue weighted by molar-refractivity contribution is -0.139. The zero-order valence-corrected chi connectivity index (χ0v) is 26.1. The van der Waals surface area contributed by atoms with Crippen LogP contribution < -0.4 is 10.1 Å². The summed E-state index contributed by atoms with van der Waals surface area (Å²) in [5.74, 6) is -1.91. The number of nitrogens with zero attached hydrogens (tertiary/aromatic N) is 1. The summed E-state index contributed by atoms with van der Waals surface area (Å²) in [7, 11) is 0. The molecule has 1 N–H and O–H groups in total. The Morgan fingerprint density at radius 3 is 2.13 bits per heavy atom. The summed E-state index contributed by atoms with van der Waals surface area (Å²) in [4.78, 5) is 40.4. The van der Waals surface area contributed by atoms with Crippen LogP contribution in [0.5, 0.6) is 5.75 Å². The highest BCUT2D eigenvalue weighted by atomic mass is 19.4. The fourth-order valence-electron chi connectivity index (χ4n) is 5.03. The zero-order valence-electron chi connectivity index (χ0n) is 26.1. The number of carbonyl (C=O) groups is 3. The van der Waals surface area contributed by atoms with E-state index < -0.39 is 58.7 Å². The van der Waals surface area contributed by atoms with E-state index in [2.05, 4.69) is 5.32 Å². The third-order valence-electron chi connectivity index (χ3n) is 7.28. The standard InChI is InChI=1S/C34H37F3N2O6/c1-31(2,3)45-30(42)39-32(4,5)44-21-33(39,6)29(41)38-19-27(40)25-16-17-28(26(18-25)34(35,36)37)43-20-22-12-14-24(15-13-22)23-10-8-7-9-11-23/h7-18H,19-21H2,1-6H3,(H,38,41)/t33-/m0/s1. The topological polar surface area (TPSA) is 94.2 Å². The molecular formula is C34H37F3N2O6. The monoisotopic (exact) mass is 626 g/mol. The second kappa shape index (κ2) is 12.5. The molecule has 0 aliphatic carbocycles. The van der Waals surface area contributed by atoms with Crippen molar-refractivity contribution in [2.45, 2.75) is 71.2 Å². The number of rotatable bonds is 8. The van der Waals surface area contributed by atoms with Gasteiger partial charge in [0.15, 0.2) is 5.78 Å². The van der Waals surface area contributed by atoms with Gasteiger partial charge in [-0.25, -0.2) is 4.79 Å². The van der Waals surface area contributed by atoms with Crippen LogP contribution in [0.15, 0.2) is 72.8 Å². The number of benzene rings is 3. The van der Waals surface area contributed by atoms with Gasteiger partial charge in [-0.2, -0.15) is 13.2 Å². The maximum atomic E-state index is 14.0. The molecule has 0 unspecified atom stereocenters. The number of alkyl halides is 3. The number of amides is 2. The van der Waals surface area contributed by atoms with Crippen LogP contribution in [0.2, 0.25) is 0 Å². The van der Waals surface area contributed by atoms with Crippen LogP contribution in [0, 0.1) is 0 Å². The SMILES string of the molecule is CC(C)(C)OC(=O)N1C(C)(C)OC[C@@]1(C)C(=O)NCC(=O)c1ccc(OCc2ccc(-c3ccccc3)cc2)c(C(F)(F)F)c1. The van der Waals surface area contributed by atoms with Crippen LogP contribution in [0.25, 0.3) is 11.1 Å². The second-order valence-corrected chi connectivity index (χ2v) is 12.5. The third kappa shape index (κ3) is 7.83. The first kappa shape index (κ1) is 33.5. The maximum absolute atomic E-state index is 14.0. The second-order valence-electron chi connectivity index (χ2n) is 12.5. The lowest BCUT2D eigenvalue weighted by atomic mass is 9.99. The predicted octanol–water partition coefficient (Wildman–Crippen LogP) is 7.01. The van der Waals surface area contributed by atoms with Crippen LogP contribution in [-0.4, -0.2) is 52.7 Å². The van der Waals surface area contributed by atoms with Crippen molar-refractivity contribution in [1.29, 1.82) is 0 Å². The third-order valence-corrected chi connectivity index (χ3v) is 7.28. The van der Waals surface area contributed by atoms with Gasteiger partial charge >= 0.3 is 12.3 Å². The molecule has 1 aliphatic heterocycles. The molecule has 8 nitrogen and oxygen atoms in total. The first-order chi connectivity index (χ1) is 20.9. The minimum absolute atomic E-state index is 0.118. The Hall–Kier alpha value is -4.38. The molecule has 2 amide bonds. The molecule has 0 spiro atoms. The number of ether oxygens (including phenoxy) is 3. The number of hydrogen-bond acceptors (Lipinski definition) is 6. The van der Waals surface area contributed by atoms with Gasteiger partial charge in [0, 0.05) is 5.56 Å². The summed E-state index contributed by atoms with van der Waals surface area (Å²) in [6.07, 6.45) is -5.59. The van der Waals surface area contributed by atoms with Crippen molar-refractivity contribution in [1.82, 2.24) is 10.2 Å². The van der Waals surface area contributed by atoms with Gasteiger partial charge in [-0.3, -0.25) is 14.5 Å². The zero-order chi connectivity index (χ0) is 33.2. The van der Waals surface area contributed by atoms with Crippen molar-refractivity contribution in [2.75, 3.05) is 13.2 Å². The van der Waals surface area contributed by atoms with E-state index in [4.69, 9.17) is 14.2 Å². The van der Waals surface area contributed by atoms with Crippen molar-refractivity contribution < 1.29 is 41.8 Å². The molecule has 0 bridgehead atoms. The molecule has 11 heteroatoms. The van der Waals surface area contributed by atoms with Crippen LogP contribution in [0.1, 0.15) is 63.0 Å². The number of Topliss-reactive ketones (excluding diaryl/α,β-unsaturated/α-hetero) is 1.